The smallest absolute Gasteiger partial charge is 0.186 e. The molecule has 0 radical (unpaired) electrons. The monoisotopic (exact) mass is 249 g/mol. The van der Waals surface area contributed by atoms with Crippen LogP contribution < -0.4 is 5.32 Å². The summed E-state index contributed by atoms with van der Waals surface area (Å²) in [7, 11) is 1.87. The largest absolute Gasteiger partial charge is 0.396 e. The Hall–Kier alpha value is -1.69. The summed E-state index contributed by atoms with van der Waals surface area (Å²) >= 11 is 0. The van der Waals surface area contributed by atoms with E-state index < -0.39 is 0 Å². The molecule has 1 atom stereocenters. The molecule has 2 aromatic rings. The van der Waals surface area contributed by atoms with Crippen LogP contribution in [0.2, 0.25) is 0 Å². The topological polar surface area (TPSA) is 75.9 Å². The first kappa shape index (κ1) is 12.8. The van der Waals surface area contributed by atoms with Crippen molar-refractivity contribution in [2.45, 2.75) is 19.8 Å². The third-order valence-electron chi connectivity index (χ3n) is 3.10. The standard InChI is InChI=1S/C12H19N5O/c1-3-9(4-5-18)6-13-11-10-7-17(2)16-12(10)15-8-14-11/h7-9,18H,3-6H2,1-2H3,(H,13,14,15,16). The van der Waals surface area contributed by atoms with Crippen LogP contribution in [0, 0.1) is 5.92 Å². The molecule has 0 aliphatic carbocycles. The first-order chi connectivity index (χ1) is 8.74. The first-order valence-electron chi connectivity index (χ1n) is 6.23. The van der Waals surface area contributed by atoms with Gasteiger partial charge in [0.1, 0.15) is 12.1 Å². The highest BCUT2D eigenvalue weighted by molar-refractivity contribution is 5.85. The van der Waals surface area contributed by atoms with Crippen LogP contribution in [-0.2, 0) is 7.05 Å². The molecule has 2 aromatic heterocycles. The number of hydrogen-bond donors (Lipinski definition) is 2. The van der Waals surface area contributed by atoms with Gasteiger partial charge in [0.05, 0.1) is 5.39 Å². The number of nitrogens with zero attached hydrogens (tertiary/aromatic N) is 4. The summed E-state index contributed by atoms with van der Waals surface area (Å²) in [5.74, 6) is 1.26. The van der Waals surface area contributed by atoms with Gasteiger partial charge in [0, 0.05) is 26.4 Å². The Morgan fingerprint density at radius 1 is 1.44 bits per heavy atom. The number of fused-ring (bicyclic) bond motifs is 1. The van der Waals surface area contributed by atoms with Gasteiger partial charge in [0.15, 0.2) is 5.65 Å². The van der Waals surface area contributed by atoms with Crippen molar-refractivity contribution >= 4 is 16.9 Å². The van der Waals surface area contributed by atoms with E-state index >= 15 is 0 Å². The van der Waals surface area contributed by atoms with E-state index in [1.807, 2.05) is 13.2 Å². The molecule has 2 heterocycles. The highest BCUT2D eigenvalue weighted by Crippen LogP contribution is 2.18. The highest BCUT2D eigenvalue weighted by Gasteiger charge is 2.09. The maximum atomic E-state index is 8.97. The molecule has 0 amide bonds. The summed E-state index contributed by atoms with van der Waals surface area (Å²) in [5.41, 5.74) is 0.699. The zero-order valence-electron chi connectivity index (χ0n) is 10.8. The molecule has 0 spiro atoms. The van der Waals surface area contributed by atoms with Crippen LogP contribution >= 0.6 is 0 Å². The lowest BCUT2D eigenvalue weighted by Gasteiger charge is -2.14. The van der Waals surface area contributed by atoms with Crippen LogP contribution in [0.25, 0.3) is 11.0 Å². The number of aliphatic hydroxyl groups excluding tert-OH is 1. The summed E-state index contributed by atoms with van der Waals surface area (Å²) in [6, 6.07) is 0. The van der Waals surface area contributed by atoms with E-state index in [1.165, 1.54) is 6.33 Å². The van der Waals surface area contributed by atoms with Crippen LogP contribution in [0.4, 0.5) is 5.82 Å². The van der Waals surface area contributed by atoms with Gasteiger partial charge in [0.2, 0.25) is 0 Å². The zero-order chi connectivity index (χ0) is 13.0. The molecule has 0 saturated heterocycles. The molecule has 98 valence electrons. The second-order valence-corrected chi connectivity index (χ2v) is 4.43. The average Bonchev–Trinajstić information content (AvgIpc) is 2.75. The molecular weight excluding hydrogens is 230 g/mol. The van der Waals surface area contributed by atoms with Crippen molar-refractivity contribution in [3.63, 3.8) is 0 Å². The number of aryl methyl sites for hydroxylation is 1. The van der Waals surface area contributed by atoms with Gasteiger partial charge in [-0.25, -0.2) is 9.97 Å². The third-order valence-corrected chi connectivity index (χ3v) is 3.10. The van der Waals surface area contributed by atoms with Crippen molar-refractivity contribution in [1.82, 2.24) is 19.7 Å². The van der Waals surface area contributed by atoms with Crippen molar-refractivity contribution in [3.05, 3.63) is 12.5 Å². The second kappa shape index (κ2) is 5.77. The highest BCUT2D eigenvalue weighted by atomic mass is 16.3. The Balaban J connectivity index is 2.11. The van der Waals surface area contributed by atoms with Crippen LogP contribution in [0.3, 0.4) is 0 Å². The number of nitrogens with one attached hydrogen (secondary N) is 1. The first-order valence-corrected chi connectivity index (χ1v) is 6.23. The van der Waals surface area contributed by atoms with E-state index in [4.69, 9.17) is 5.11 Å². The van der Waals surface area contributed by atoms with E-state index in [0.717, 1.165) is 30.6 Å². The molecule has 0 bridgehead atoms. The Morgan fingerprint density at radius 3 is 3.00 bits per heavy atom. The molecule has 6 heteroatoms. The molecule has 1 unspecified atom stereocenters. The summed E-state index contributed by atoms with van der Waals surface area (Å²) in [5, 5.41) is 17.5. The fraction of sp³-hybridized carbons (Fsp3) is 0.583. The van der Waals surface area contributed by atoms with Crippen molar-refractivity contribution in [2.75, 3.05) is 18.5 Å². The van der Waals surface area contributed by atoms with E-state index in [2.05, 4.69) is 27.3 Å². The maximum Gasteiger partial charge on any atom is 0.186 e. The lowest BCUT2D eigenvalue weighted by molar-refractivity contribution is 0.258. The molecule has 6 nitrogen and oxygen atoms in total. The molecule has 0 aromatic carbocycles. The molecule has 0 fully saturated rings. The van der Waals surface area contributed by atoms with E-state index in [0.29, 0.717) is 11.6 Å². The zero-order valence-corrected chi connectivity index (χ0v) is 10.8. The van der Waals surface area contributed by atoms with E-state index in [1.54, 1.807) is 4.68 Å². The molecule has 0 aliphatic rings. The minimum atomic E-state index is 0.228. The molecule has 0 aliphatic heterocycles. The number of aliphatic hydroxyl groups is 1. The number of hydrogen-bond acceptors (Lipinski definition) is 5. The van der Waals surface area contributed by atoms with Crippen LogP contribution in [0.5, 0.6) is 0 Å². The maximum absolute atomic E-state index is 8.97. The van der Waals surface area contributed by atoms with Gasteiger partial charge >= 0.3 is 0 Å². The van der Waals surface area contributed by atoms with Crippen molar-refractivity contribution in [3.8, 4) is 0 Å². The minimum Gasteiger partial charge on any atom is -0.396 e. The predicted molar refractivity (Wildman–Crippen MR) is 70.3 cm³/mol. The van der Waals surface area contributed by atoms with Gasteiger partial charge in [-0.3, -0.25) is 4.68 Å². The van der Waals surface area contributed by atoms with Gasteiger partial charge < -0.3 is 10.4 Å². The van der Waals surface area contributed by atoms with Crippen LogP contribution in [0.15, 0.2) is 12.5 Å². The van der Waals surface area contributed by atoms with Gasteiger partial charge in [-0.1, -0.05) is 13.3 Å². The summed E-state index contributed by atoms with van der Waals surface area (Å²) in [6.07, 6.45) is 5.27. The lowest BCUT2D eigenvalue weighted by atomic mass is 10.0. The van der Waals surface area contributed by atoms with Crippen molar-refractivity contribution < 1.29 is 5.11 Å². The Labute approximate surface area is 106 Å². The fourth-order valence-corrected chi connectivity index (χ4v) is 1.96. The van der Waals surface area contributed by atoms with E-state index in [9.17, 15) is 0 Å². The normalized spacial score (nSPS) is 12.8. The van der Waals surface area contributed by atoms with Gasteiger partial charge in [0.25, 0.3) is 0 Å². The fourth-order valence-electron chi connectivity index (χ4n) is 1.96. The lowest BCUT2D eigenvalue weighted by Crippen LogP contribution is -2.15. The minimum absolute atomic E-state index is 0.228. The van der Waals surface area contributed by atoms with Crippen LogP contribution in [0.1, 0.15) is 19.8 Å². The number of anilines is 1. The van der Waals surface area contributed by atoms with Gasteiger partial charge in [-0.05, 0) is 12.3 Å². The Morgan fingerprint density at radius 2 is 2.28 bits per heavy atom. The Bertz CT molecular complexity index is 510. The summed E-state index contributed by atoms with van der Waals surface area (Å²) in [6.45, 7) is 3.16. The van der Waals surface area contributed by atoms with Crippen molar-refractivity contribution in [2.24, 2.45) is 13.0 Å². The SMILES string of the molecule is CCC(CCO)CNc1ncnc2nn(C)cc12. The second-order valence-electron chi connectivity index (χ2n) is 4.43. The number of aromatic nitrogens is 4. The molecule has 18 heavy (non-hydrogen) atoms. The van der Waals surface area contributed by atoms with Gasteiger partial charge in [-0.2, -0.15) is 5.10 Å². The quantitative estimate of drug-likeness (QED) is 0.804. The predicted octanol–water partition coefficient (Wildman–Crippen LogP) is 1.18. The van der Waals surface area contributed by atoms with E-state index in [-0.39, 0.29) is 6.61 Å². The third kappa shape index (κ3) is 2.76. The van der Waals surface area contributed by atoms with Gasteiger partial charge in [-0.15, -0.1) is 0 Å². The molecule has 2 N–H and O–H groups in total. The van der Waals surface area contributed by atoms with Crippen LogP contribution in [-0.4, -0.2) is 38.0 Å². The molecular formula is C12H19N5O. The number of rotatable bonds is 6. The summed E-state index contributed by atoms with van der Waals surface area (Å²) in [4.78, 5) is 8.37. The average molecular weight is 249 g/mol. The van der Waals surface area contributed by atoms with Crippen molar-refractivity contribution in [1.29, 1.82) is 0 Å². The molecule has 0 saturated carbocycles. The molecule has 2 rings (SSSR count). The Kier molecular flexibility index (Phi) is 4.09. The summed E-state index contributed by atoms with van der Waals surface area (Å²) < 4.78 is 1.73.